The van der Waals surface area contributed by atoms with Gasteiger partial charge in [0.1, 0.15) is 17.2 Å². The molecule has 0 fully saturated rings. The fourth-order valence-electron chi connectivity index (χ4n) is 3.00. The summed E-state index contributed by atoms with van der Waals surface area (Å²) in [4.78, 5) is 12.3. The van der Waals surface area contributed by atoms with Crippen molar-refractivity contribution in [2.24, 2.45) is 0 Å². The standard InChI is InChI=1S/C23H17F6NO2S/c24-17-2-1-3-18(25)20(17)21(32)30-19(12-31)15-6-4-13(5-7-15)14-8-10-16(11-9-14)33-23(28,29)22(26)27/h1-11,19,22,31H,12H2,(H,30,32). The van der Waals surface area contributed by atoms with Crippen LogP contribution in [0.15, 0.2) is 71.6 Å². The number of aliphatic hydroxyl groups is 1. The monoisotopic (exact) mass is 485 g/mol. The predicted octanol–water partition coefficient (Wildman–Crippen LogP) is 6.05. The van der Waals surface area contributed by atoms with E-state index in [4.69, 9.17) is 0 Å². The van der Waals surface area contributed by atoms with Crippen molar-refractivity contribution in [3.05, 3.63) is 89.5 Å². The first-order valence-electron chi connectivity index (χ1n) is 9.53. The Kier molecular flexibility index (Phi) is 7.70. The zero-order chi connectivity index (χ0) is 24.2. The highest BCUT2D eigenvalue weighted by molar-refractivity contribution is 8.00. The van der Waals surface area contributed by atoms with Gasteiger partial charge in [0.2, 0.25) is 0 Å². The number of halogens is 6. The van der Waals surface area contributed by atoms with Crippen LogP contribution in [0.5, 0.6) is 0 Å². The quantitative estimate of drug-likeness (QED) is 0.302. The van der Waals surface area contributed by atoms with Gasteiger partial charge in [-0.3, -0.25) is 4.79 Å². The molecule has 1 amide bonds. The lowest BCUT2D eigenvalue weighted by molar-refractivity contribution is -0.0563. The van der Waals surface area contributed by atoms with Crippen molar-refractivity contribution >= 4 is 17.7 Å². The topological polar surface area (TPSA) is 49.3 Å². The number of rotatable bonds is 8. The minimum absolute atomic E-state index is 0.0240. The average molecular weight is 485 g/mol. The fourth-order valence-corrected chi connectivity index (χ4v) is 3.68. The SMILES string of the molecule is O=C(NC(CO)c1ccc(-c2ccc(SC(F)(F)C(F)F)cc2)cc1)c1c(F)cccc1F. The zero-order valence-corrected chi connectivity index (χ0v) is 17.6. The second kappa shape index (κ2) is 10.3. The van der Waals surface area contributed by atoms with Crippen molar-refractivity contribution in [2.75, 3.05) is 6.61 Å². The molecule has 0 aromatic heterocycles. The second-order valence-electron chi connectivity index (χ2n) is 6.92. The summed E-state index contributed by atoms with van der Waals surface area (Å²) in [5.74, 6) is -3.10. The molecule has 0 saturated heterocycles. The van der Waals surface area contributed by atoms with Gasteiger partial charge in [0.25, 0.3) is 5.91 Å². The molecule has 0 bridgehead atoms. The number of aliphatic hydroxyl groups excluding tert-OH is 1. The molecule has 0 radical (unpaired) electrons. The summed E-state index contributed by atoms with van der Waals surface area (Å²) < 4.78 is 78.6. The maximum Gasteiger partial charge on any atom is 0.357 e. The molecule has 3 aromatic rings. The van der Waals surface area contributed by atoms with Gasteiger partial charge >= 0.3 is 11.7 Å². The molecular weight excluding hydrogens is 468 g/mol. The van der Waals surface area contributed by atoms with Gasteiger partial charge in [0, 0.05) is 4.90 Å². The lowest BCUT2D eigenvalue weighted by Crippen LogP contribution is -2.32. The minimum atomic E-state index is -4.20. The van der Waals surface area contributed by atoms with Crippen molar-refractivity contribution < 1.29 is 36.2 Å². The number of carbonyl (C=O) groups excluding carboxylic acids is 1. The van der Waals surface area contributed by atoms with Crippen LogP contribution in [0.2, 0.25) is 0 Å². The third-order valence-corrected chi connectivity index (χ3v) is 5.64. The van der Waals surface area contributed by atoms with Crippen molar-refractivity contribution in [2.45, 2.75) is 22.6 Å². The molecule has 0 aliphatic carbocycles. The molecule has 0 saturated carbocycles. The molecule has 1 unspecified atom stereocenters. The molecule has 0 spiro atoms. The van der Waals surface area contributed by atoms with Crippen molar-refractivity contribution in [3.8, 4) is 11.1 Å². The third-order valence-electron chi connectivity index (χ3n) is 4.69. The molecule has 3 nitrogen and oxygen atoms in total. The van der Waals surface area contributed by atoms with Crippen LogP contribution in [0.4, 0.5) is 26.3 Å². The van der Waals surface area contributed by atoms with Crippen LogP contribution < -0.4 is 5.32 Å². The Morgan fingerprint density at radius 1 is 0.909 bits per heavy atom. The average Bonchev–Trinajstić information content (AvgIpc) is 2.78. The number of hydrogen-bond donors (Lipinski definition) is 2. The van der Waals surface area contributed by atoms with Crippen LogP contribution >= 0.6 is 11.8 Å². The molecule has 33 heavy (non-hydrogen) atoms. The summed E-state index contributed by atoms with van der Waals surface area (Å²) in [7, 11) is 0. The second-order valence-corrected chi connectivity index (χ2v) is 8.14. The van der Waals surface area contributed by atoms with Crippen molar-refractivity contribution in [1.29, 1.82) is 0 Å². The molecular formula is C23H17F6NO2S. The van der Waals surface area contributed by atoms with E-state index in [-0.39, 0.29) is 16.7 Å². The van der Waals surface area contributed by atoms with E-state index in [1.807, 2.05) is 0 Å². The first kappa shape index (κ1) is 24.7. The normalized spacial score (nSPS) is 12.6. The Bertz CT molecular complexity index is 1090. The zero-order valence-electron chi connectivity index (χ0n) is 16.7. The molecule has 0 aliphatic rings. The van der Waals surface area contributed by atoms with E-state index in [0.29, 0.717) is 16.7 Å². The predicted molar refractivity (Wildman–Crippen MR) is 112 cm³/mol. The molecule has 1 atom stereocenters. The number of thioether (sulfide) groups is 1. The van der Waals surface area contributed by atoms with E-state index in [1.54, 1.807) is 24.3 Å². The number of alkyl halides is 4. The molecule has 3 rings (SSSR count). The molecule has 174 valence electrons. The molecule has 2 N–H and O–H groups in total. The number of benzene rings is 3. The largest absolute Gasteiger partial charge is 0.394 e. The smallest absolute Gasteiger partial charge is 0.357 e. The highest BCUT2D eigenvalue weighted by atomic mass is 32.2. The lowest BCUT2D eigenvalue weighted by atomic mass is 10.0. The van der Waals surface area contributed by atoms with Gasteiger partial charge in [-0.2, -0.15) is 8.78 Å². The Hall–Kier alpha value is -2.98. The van der Waals surface area contributed by atoms with Crippen molar-refractivity contribution in [1.82, 2.24) is 5.32 Å². The summed E-state index contributed by atoms with van der Waals surface area (Å²) in [5, 5.41) is 7.82. The third kappa shape index (κ3) is 5.88. The number of amides is 1. The number of carbonyl (C=O) groups is 1. The van der Waals surface area contributed by atoms with E-state index >= 15 is 0 Å². The van der Waals surface area contributed by atoms with Crippen LogP contribution in [0, 0.1) is 11.6 Å². The lowest BCUT2D eigenvalue weighted by Gasteiger charge is -2.18. The van der Waals surface area contributed by atoms with E-state index in [0.717, 1.165) is 18.2 Å². The molecule has 0 aliphatic heterocycles. The van der Waals surface area contributed by atoms with E-state index in [2.05, 4.69) is 5.32 Å². The highest BCUT2D eigenvalue weighted by Crippen LogP contribution is 2.40. The maximum atomic E-state index is 13.8. The molecule has 3 aromatic carbocycles. The Morgan fingerprint density at radius 3 is 1.91 bits per heavy atom. The van der Waals surface area contributed by atoms with Gasteiger partial charge in [-0.25, -0.2) is 17.6 Å². The Labute approximate surface area is 189 Å². The van der Waals surface area contributed by atoms with Gasteiger partial charge in [0.05, 0.1) is 12.6 Å². The van der Waals surface area contributed by atoms with Gasteiger partial charge in [0.15, 0.2) is 0 Å². The van der Waals surface area contributed by atoms with Crippen LogP contribution in [-0.4, -0.2) is 29.3 Å². The Balaban J connectivity index is 1.73. The van der Waals surface area contributed by atoms with E-state index < -0.39 is 47.4 Å². The summed E-state index contributed by atoms with van der Waals surface area (Å²) in [6.07, 6.45) is -3.79. The Morgan fingerprint density at radius 2 is 1.42 bits per heavy atom. The van der Waals surface area contributed by atoms with Crippen LogP contribution in [0.25, 0.3) is 11.1 Å². The van der Waals surface area contributed by atoms with Crippen LogP contribution in [0.1, 0.15) is 22.0 Å². The first-order valence-corrected chi connectivity index (χ1v) is 10.3. The minimum Gasteiger partial charge on any atom is -0.394 e. The van der Waals surface area contributed by atoms with Gasteiger partial charge in [-0.15, -0.1) is 0 Å². The van der Waals surface area contributed by atoms with Gasteiger partial charge in [-0.05, 0) is 52.7 Å². The number of hydrogen-bond acceptors (Lipinski definition) is 3. The maximum absolute atomic E-state index is 13.8. The van der Waals surface area contributed by atoms with Crippen molar-refractivity contribution in [3.63, 3.8) is 0 Å². The summed E-state index contributed by atoms with van der Waals surface area (Å²) in [5.41, 5.74) is 0.960. The van der Waals surface area contributed by atoms with Crippen LogP contribution in [0.3, 0.4) is 0 Å². The first-order chi connectivity index (χ1) is 15.6. The fraction of sp³-hybridized carbons (Fsp3) is 0.174. The summed E-state index contributed by atoms with van der Waals surface area (Å²) in [6, 6.07) is 14.0. The highest BCUT2D eigenvalue weighted by Gasteiger charge is 2.41. The van der Waals surface area contributed by atoms with E-state index in [1.165, 1.54) is 24.3 Å². The van der Waals surface area contributed by atoms with E-state index in [9.17, 15) is 36.2 Å². The summed E-state index contributed by atoms with van der Waals surface area (Å²) in [6.45, 7) is -0.536. The summed E-state index contributed by atoms with van der Waals surface area (Å²) >= 11 is -0.232. The van der Waals surface area contributed by atoms with Crippen LogP contribution in [-0.2, 0) is 0 Å². The molecule has 0 heterocycles. The van der Waals surface area contributed by atoms with Gasteiger partial charge in [-0.1, -0.05) is 42.5 Å². The van der Waals surface area contributed by atoms with Gasteiger partial charge < -0.3 is 10.4 Å². The number of nitrogens with one attached hydrogen (secondary N) is 1. The molecule has 10 heteroatoms.